The van der Waals surface area contributed by atoms with Gasteiger partial charge in [-0.3, -0.25) is 0 Å². The molecule has 0 aliphatic carbocycles. The number of rotatable bonds is 4. The van der Waals surface area contributed by atoms with Crippen molar-refractivity contribution in [3.8, 4) is 11.4 Å². The summed E-state index contributed by atoms with van der Waals surface area (Å²) in [5, 5.41) is 7.17. The molecule has 1 saturated heterocycles. The molecule has 0 bridgehead atoms. The van der Waals surface area contributed by atoms with Gasteiger partial charge >= 0.3 is 6.03 Å². The number of aryl methyl sites for hydroxylation is 2. The monoisotopic (exact) mass is 376 g/mol. The highest BCUT2D eigenvalue weighted by Crippen LogP contribution is 2.32. The first-order chi connectivity index (χ1) is 13.7. The Morgan fingerprint density at radius 3 is 2.79 bits per heavy atom. The van der Waals surface area contributed by atoms with Crippen LogP contribution in [0.25, 0.3) is 11.4 Å². The highest BCUT2D eigenvalue weighted by Gasteiger charge is 2.34. The largest absolute Gasteiger partial charge is 0.337 e. The van der Waals surface area contributed by atoms with E-state index in [0.29, 0.717) is 18.3 Å². The quantitative estimate of drug-likeness (QED) is 0.697. The predicted molar refractivity (Wildman–Crippen MR) is 108 cm³/mol. The molecular formula is C22H24N4O2. The van der Waals surface area contributed by atoms with E-state index in [0.717, 1.165) is 36.1 Å². The van der Waals surface area contributed by atoms with Crippen molar-refractivity contribution >= 4 is 11.7 Å². The highest BCUT2D eigenvalue weighted by molar-refractivity contribution is 5.90. The van der Waals surface area contributed by atoms with Crippen LogP contribution in [0, 0.1) is 6.92 Å². The van der Waals surface area contributed by atoms with E-state index in [4.69, 9.17) is 4.52 Å². The third kappa shape index (κ3) is 3.63. The lowest BCUT2D eigenvalue weighted by molar-refractivity contribution is 0.193. The van der Waals surface area contributed by atoms with Crippen LogP contribution < -0.4 is 5.32 Å². The van der Waals surface area contributed by atoms with Gasteiger partial charge in [0, 0.05) is 17.8 Å². The Labute approximate surface area is 164 Å². The summed E-state index contributed by atoms with van der Waals surface area (Å²) in [6, 6.07) is 15.6. The number of aromatic nitrogens is 2. The zero-order chi connectivity index (χ0) is 19.5. The van der Waals surface area contributed by atoms with Crippen molar-refractivity contribution in [2.45, 2.75) is 39.2 Å². The molecule has 0 saturated carbocycles. The molecule has 0 radical (unpaired) electrons. The number of nitrogens with one attached hydrogen (secondary N) is 1. The minimum absolute atomic E-state index is 0.126. The second-order valence-corrected chi connectivity index (χ2v) is 7.11. The summed E-state index contributed by atoms with van der Waals surface area (Å²) in [4.78, 5) is 19.3. The van der Waals surface area contributed by atoms with Crippen LogP contribution in [0.1, 0.15) is 42.8 Å². The van der Waals surface area contributed by atoms with Gasteiger partial charge in [-0.2, -0.15) is 4.98 Å². The maximum Gasteiger partial charge on any atom is 0.322 e. The van der Waals surface area contributed by atoms with Crippen molar-refractivity contribution in [1.29, 1.82) is 0 Å². The fourth-order valence-corrected chi connectivity index (χ4v) is 3.59. The minimum atomic E-state index is -0.194. The van der Waals surface area contributed by atoms with E-state index in [2.05, 4.69) is 22.4 Å². The Balaban J connectivity index is 1.52. The number of hydrogen-bond donors (Lipinski definition) is 1. The number of anilines is 1. The van der Waals surface area contributed by atoms with E-state index in [-0.39, 0.29) is 12.1 Å². The second kappa shape index (κ2) is 7.84. The van der Waals surface area contributed by atoms with Crippen molar-refractivity contribution in [3.05, 3.63) is 65.5 Å². The van der Waals surface area contributed by atoms with Crippen molar-refractivity contribution in [1.82, 2.24) is 15.0 Å². The second-order valence-electron chi connectivity index (χ2n) is 7.11. The molecule has 6 heteroatoms. The summed E-state index contributed by atoms with van der Waals surface area (Å²) in [7, 11) is 0. The summed E-state index contributed by atoms with van der Waals surface area (Å²) in [5.74, 6) is 1.05. The maximum absolute atomic E-state index is 12.9. The smallest absolute Gasteiger partial charge is 0.322 e. The zero-order valence-corrected chi connectivity index (χ0v) is 16.2. The Morgan fingerprint density at radius 1 is 1.21 bits per heavy atom. The standard InChI is InChI=1S/C22H24N4O2/c1-3-16-7-4-5-8-18(16)23-22(27)26-14-6-9-19(26)21-24-20(25-28-21)17-12-10-15(2)11-13-17/h4-5,7-8,10-13,19H,3,6,9,14H2,1-2H3,(H,23,27)/t19-/m0/s1. The molecule has 1 aromatic heterocycles. The Bertz CT molecular complexity index is 965. The van der Waals surface area contributed by atoms with E-state index in [9.17, 15) is 4.79 Å². The van der Waals surface area contributed by atoms with E-state index in [1.807, 2.05) is 55.5 Å². The van der Waals surface area contributed by atoms with Crippen molar-refractivity contribution in [2.75, 3.05) is 11.9 Å². The summed E-state index contributed by atoms with van der Waals surface area (Å²) in [6.07, 6.45) is 2.59. The van der Waals surface area contributed by atoms with Gasteiger partial charge in [-0.05, 0) is 37.8 Å². The predicted octanol–water partition coefficient (Wildman–Crippen LogP) is 4.98. The van der Waals surface area contributed by atoms with E-state index < -0.39 is 0 Å². The Morgan fingerprint density at radius 2 is 2.00 bits per heavy atom. The van der Waals surface area contributed by atoms with Gasteiger partial charge in [0.25, 0.3) is 0 Å². The van der Waals surface area contributed by atoms with Crippen LogP contribution in [0.15, 0.2) is 53.1 Å². The molecule has 4 rings (SSSR count). The molecular weight excluding hydrogens is 352 g/mol. The van der Waals surface area contributed by atoms with Crippen molar-refractivity contribution in [2.24, 2.45) is 0 Å². The summed E-state index contributed by atoms with van der Waals surface area (Å²) in [6.45, 7) is 4.79. The number of para-hydroxylation sites is 1. The number of hydrogen-bond acceptors (Lipinski definition) is 4. The van der Waals surface area contributed by atoms with Gasteiger partial charge in [-0.1, -0.05) is 60.1 Å². The first-order valence-electron chi connectivity index (χ1n) is 9.72. The molecule has 1 N–H and O–H groups in total. The van der Waals surface area contributed by atoms with Crippen molar-refractivity contribution < 1.29 is 9.32 Å². The van der Waals surface area contributed by atoms with E-state index in [1.165, 1.54) is 5.56 Å². The molecule has 1 aliphatic heterocycles. The molecule has 1 atom stereocenters. The maximum atomic E-state index is 12.9. The van der Waals surface area contributed by atoms with Gasteiger partial charge in [0.2, 0.25) is 11.7 Å². The summed E-state index contributed by atoms with van der Waals surface area (Å²) in [5.41, 5.74) is 4.06. The average Bonchev–Trinajstić information content (AvgIpc) is 3.38. The topological polar surface area (TPSA) is 71.3 Å². The lowest BCUT2D eigenvalue weighted by atomic mass is 10.1. The normalized spacial score (nSPS) is 16.4. The lowest BCUT2D eigenvalue weighted by Crippen LogP contribution is -2.34. The molecule has 1 fully saturated rings. The Hall–Kier alpha value is -3.15. The molecule has 28 heavy (non-hydrogen) atoms. The molecule has 1 aliphatic rings. The highest BCUT2D eigenvalue weighted by atomic mass is 16.5. The molecule has 2 heterocycles. The number of amides is 2. The fourth-order valence-electron chi connectivity index (χ4n) is 3.59. The first-order valence-corrected chi connectivity index (χ1v) is 9.72. The SMILES string of the molecule is CCc1ccccc1NC(=O)N1CCC[C@H]1c1nc(-c2ccc(C)cc2)no1. The van der Waals surface area contributed by atoms with Crippen LogP contribution in [0.3, 0.4) is 0 Å². The number of carbonyl (C=O) groups is 1. The number of likely N-dealkylation sites (tertiary alicyclic amines) is 1. The summed E-state index contributed by atoms with van der Waals surface area (Å²) >= 11 is 0. The third-order valence-corrected chi connectivity index (χ3v) is 5.19. The number of nitrogens with zero attached hydrogens (tertiary/aromatic N) is 3. The number of urea groups is 1. The molecule has 3 aromatic rings. The molecule has 144 valence electrons. The van der Waals surface area contributed by atoms with Gasteiger partial charge in [0.1, 0.15) is 6.04 Å². The van der Waals surface area contributed by atoms with Crippen LogP contribution in [0.5, 0.6) is 0 Å². The molecule has 6 nitrogen and oxygen atoms in total. The third-order valence-electron chi connectivity index (χ3n) is 5.19. The molecule has 0 spiro atoms. The van der Waals surface area contributed by atoms with E-state index in [1.54, 1.807) is 4.90 Å². The van der Waals surface area contributed by atoms with E-state index >= 15 is 0 Å². The number of carbonyl (C=O) groups excluding carboxylic acids is 1. The van der Waals surface area contributed by atoms with Crippen LogP contribution in [0.4, 0.5) is 10.5 Å². The van der Waals surface area contributed by atoms with Crippen molar-refractivity contribution in [3.63, 3.8) is 0 Å². The summed E-state index contributed by atoms with van der Waals surface area (Å²) < 4.78 is 5.53. The molecule has 2 aromatic carbocycles. The zero-order valence-electron chi connectivity index (χ0n) is 16.2. The van der Waals surface area contributed by atoms with Crippen LogP contribution >= 0.6 is 0 Å². The van der Waals surface area contributed by atoms with Crippen LogP contribution in [0.2, 0.25) is 0 Å². The number of benzene rings is 2. The molecule has 2 amide bonds. The molecule has 0 unspecified atom stereocenters. The van der Waals surface area contributed by atoms with Crippen LogP contribution in [-0.2, 0) is 6.42 Å². The van der Waals surface area contributed by atoms with Gasteiger partial charge in [0.15, 0.2) is 0 Å². The lowest BCUT2D eigenvalue weighted by Gasteiger charge is -2.23. The van der Waals surface area contributed by atoms with Gasteiger partial charge in [-0.25, -0.2) is 4.79 Å². The average molecular weight is 376 g/mol. The van der Waals surface area contributed by atoms with Gasteiger partial charge < -0.3 is 14.7 Å². The van der Waals surface area contributed by atoms with Gasteiger partial charge in [-0.15, -0.1) is 0 Å². The van der Waals surface area contributed by atoms with Crippen LogP contribution in [-0.4, -0.2) is 27.6 Å². The van der Waals surface area contributed by atoms with Gasteiger partial charge in [0.05, 0.1) is 0 Å². The first kappa shape index (κ1) is 18.2. The minimum Gasteiger partial charge on any atom is -0.337 e. The fraction of sp³-hybridized carbons (Fsp3) is 0.318. The Kier molecular flexibility index (Phi) is 5.10.